The third-order valence-corrected chi connectivity index (χ3v) is 5.73. The summed E-state index contributed by atoms with van der Waals surface area (Å²) in [5, 5.41) is 9.04. The van der Waals surface area contributed by atoms with Crippen molar-refractivity contribution in [3.8, 4) is 17.1 Å². The zero-order valence-electron chi connectivity index (χ0n) is 17.0. The Kier molecular flexibility index (Phi) is 5.03. The fourth-order valence-electron chi connectivity index (χ4n) is 4.24. The molecule has 1 aromatic heterocycles. The number of methoxy groups -OCH3 is 1. The Morgan fingerprint density at radius 2 is 1.40 bits per heavy atom. The van der Waals surface area contributed by atoms with Crippen molar-refractivity contribution in [3.63, 3.8) is 0 Å². The molecule has 0 unspecified atom stereocenters. The molecule has 0 amide bonds. The van der Waals surface area contributed by atoms with Gasteiger partial charge in [-0.3, -0.25) is 4.90 Å². The molecule has 0 N–H and O–H groups in total. The highest BCUT2D eigenvalue weighted by molar-refractivity contribution is 5.56. The van der Waals surface area contributed by atoms with Crippen LogP contribution in [0.5, 0.6) is 5.75 Å². The van der Waals surface area contributed by atoms with E-state index in [1.54, 1.807) is 7.11 Å². The van der Waals surface area contributed by atoms with Crippen LogP contribution in [0.2, 0.25) is 0 Å². The number of fused-ring (bicyclic) bond motifs is 1. The predicted molar refractivity (Wildman–Crippen MR) is 117 cm³/mol. The molecule has 150 valence electrons. The van der Waals surface area contributed by atoms with Crippen molar-refractivity contribution in [3.05, 3.63) is 102 Å². The first-order chi connectivity index (χ1) is 14.8. The lowest BCUT2D eigenvalue weighted by Crippen LogP contribution is -2.37. The lowest BCUT2D eigenvalue weighted by atomic mass is 9.96. The molecule has 0 radical (unpaired) electrons. The van der Waals surface area contributed by atoms with E-state index < -0.39 is 0 Å². The van der Waals surface area contributed by atoms with Gasteiger partial charge in [0.1, 0.15) is 11.6 Å². The van der Waals surface area contributed by atoms with Gasteiger partial charge in [-0.15, -0.1) is 10.2 Å². The van der Waals surface area contributed by atoms with Crippen molar-refractivity contribution in [2.45, 2.75) is 19.1 Å². The van der Waals surface area contributed by atoms with E-state index in [2.05, 4.69) is 80.3 Å². The number of ether oxygens (including phenoxy) is 1. The quantitative estimate of drug-likeness (QED) is 0.496. The molecule has 5 rings (SSSR count). The van der Waals surface area contributed by atoms with Crippen molar-refractivity contribution < 1.29 is 4.74 Å². The first-order valence-electron chi connectivity index (χ1n) is 10.2. The van der Waals surface area contributed by atoms with E-state index in [4.69, 9.17) is 4.74 Å². The second-order valence-corrected chi connectivity index (χ2v) is 7.51. The summed E-state index contributed by atoms with van der Waals surface area (Å²) in [4.78, 5) is 2.49. The van der Waals surface area contributed by atoms with E-state index >= 15 is 0 Å². The predicted octanol–water partition coefficient (Wildman–Crippen LogP) is 4.56. The average Bonchev–Trinajstić information content (AvgIpc) is 3.24. The van der Waals surface area contributed by atoms with Crippen LogP contribution in [-0.4, -0.2) is 33.3 Å². The number of hydrogen-bond acceptors (Lipinski definition) is 4. The molecule has 5 nitrogen and oxygen atoms in total. The number of rotatable bonds is 5. The van der Waals surface area contributed by atoms with Crippen molar-refractivity contribution in [1.29, 1.82) is 0 Å². The molecule has 0 fully saturated rings. The van der Waals surface area contributed by atoms with Gasteiger partial charge in [-0.25, -0.2) is 0 Å². The zero-order chi connectivity index (χ0) is 20.3. The maximum Gasteiger partial charge on any atom is 0.164 e. The summed E-state index contributed by atoms with van der Waals surface area (Å²) < 4.78 is 7.52. The van der Waals surface area contributed by atoms with E-state index in [0.717, 1.165) is 42.6 Å². The van der Waals surface area contributed by atoms with Gasteiger partial charge in [-0.05, 0) is 35.4 Å². The molecule has 1 aliphatic rings. The molecule has 0 saturated carbocycles. The molecule has 1 aliphatic heterocycles. The van der Waals surface area contributed by atoms with Gasteiger partial charge < -0.3 is 9.30 Å². The van der Waals surface area contributed by atoms with E-state index in [0.29, 0.717) is 0 Å². The van der Waals surface area contributed by atoms with Crippen LogP contribution in [0.1, 0.15) is 23.0 Å². The second-order valence-electron chi connectivity index (χ2n) is 7.51. The van der Waals surface area contributed by atoms with Crippen LogP contribution in [0.15, 0.2) is 84.9 Å². The number of hydrogen-bond donors (Lipinski definition) is 0. The van der Waals surface area contributed by atoms with Gasteiger partial charge in [0.25, 0.3) is 0 Å². The standard InChI is InChI=1S/C25H24N4O/c1-30-22-14-12-21(13-15-22)25-27-26-23-18-28(16-17-29(23)25)24(19-8-4-2-5-9-19)20-10-6-3-7-11-20/h2-15,24H,16-18H2,1H3. The van der Waals surface area contributed by atoms with Crippen LogP contribution in [0, 0.1) is 0 Å². The van der Waals surface area contributed by atoms with Gasteiger partial charge in [-0.2, -0.15) is 0 Å². The SMILES string of the molecule is COc1ccc(-c2nnc3n2CCN(C(c2ccccc2)c2ccccc2)C3)cc1. The van der Waals surface area contributed by atoms with Crippen molar-refractivity contribution in [2.75, 3.05) is 13.7 Å². The first kappa shape index (κ1) is 18.6. The maximum absolute atomic E-state index is 5.27. The molecule has 0 aliphatic carbocycles. The molecule has 5 heteroatoms. The Balaban J connectivity index is 1.46. The third-order valence-electron chi connectivity index (χ3n) is 5.73. The summed E-state index contributed by atoms with van der Waals surface area (Å²) >= 11 is 0. The molecule has 0 saturated heterocycles. The summed E-state index contributed by atoms with van der Waals surface area (Å²) in [6.07, 6.45) is 0. The second kappa shape index (κ2) is 8.13. The smallest absolute Gasteiger partial charge is 0.164 e. The van der Waals surface area contributed by atoms with Crippen molar-refractivity contribution in [2.24, 2.45) is 0 Å². The molecule has 0 spiro atoms. The van der Waals surface area contributed by atoms with Crippen molar-refractivity contribution in [1.82, 2.24) is 19.7 Å². The highest BCUT2D eigenvalue weighted by Gasteiger charge is 2.28. The Morgan fingerprint density at radius 3 is 2.00 bits per heavy atom. The largest absolute Gasteiger partial charge is 0.497 e. The van der Waals surface area contributed by atoms with E-state index in [-0.39, 0.29) is 6.04 Å². The number of aromatic nitrogens is 3. The topological polar surface area (TPSA) is 43.2 Å². The van der Waals surface area contributed by atoms with Gasteiger partial charge in [-0.1, -0.05) is 60.7 Å². The number of nitrogens with zero attached hydrogens (tertiary/aromatic N) is 4. The van der Waals surface area contributed by atoms with Gasteiger partial charge in [0, 0.05) is 18.7 Å². The van der Waals surface area contributed by atoms with Crippen LogP contribution in [0.3, 0.4) is 0 Å². The minimum atomic E-state index is 0.197. The minimum Gasteiger partial charge on any atom is -0.497 e. The van der Waals surface area contributed by atoms with Crippen LogP contribution in [-0.2, 0) is 13.1 Å². The molecule has 4 aromatic rings. The average molecular weight is 396 g/mol. The van der Waals surface area contributed by atoms with Gasteiger partial charge in [0.05, 0.1) is 19.7 Å². The zero-order valence-corrected chi connectivity index (χ0v) is 17.0. The van der Waals surface area contributed by atoms with Gasteiger partial charge in [0.15, 0.2) is 5.82 Å². The van der Waals surface area contributed by atoms with Gasteiger partial charge in [0.2, 0.25) is 0 Å². The molecular formula is C25H24N4O. The first-order valence-corrected chi connectivity index (χ1v) is 10.2. The number of benzene rings is 3. The Hall–Kier alpha value is -3.44. The van der Waals surface area contributed by atoms with Crippen LogP contribution < -0.4 is 4.74 Å². The molecule has 3 aromatic carbocycles. The molecular weight excluding hydrogens is 372 g/mol. The summed E-state index contributed by atoms with van der Waals surface area (Å²) in [6.45, 7) is 2.56. The highest BCUT2D eigenvalue weighted by Crippen LogP contribution is 2.32. The maximum atomic E-state index is 5.27. The summed E-state index contributed by atoms with van der Waals surface area (Å²) in [6, 6.07) is 29.6. The van der Waals surface area contributed by atoms with Crippen LogP contribution in [0.4, 0.5) is 0 Å². The van der Waals surface area contributed by atoms with E-state index in [9.17, 15) is 0 Å². The summed E-state index contributed by atoms with van der Waals surface area (Å²) in [5.41, 5.74) is 3.66. The minimum absolute atomic E-state index is 0.197. The van der Waals surface area contributed by atoms with E-state index in [1.165, 1.54) is 11.1 Å². The Morgan fingerprint density at radius 1 is 0.767 bits per heavy atom. The summed E-state index contributed by atoms with van der Waals surface area (Å²) in [5.74, 6) is 2.77. The lowest BCUT2D eigenvalue weighted by molar-refractivity contribution is 0.176. The molecule has 30 heavy (non-hydrogen) atoms. The Labute approximate surface area is 176 Å². The fourth-order valence-corrected chi connectivity index (χ4v) is 4.24. The molecule has 0 bridgehead atoms. The molecule has 0 atom stereocenters. The van der Waals surface area contributed by atoms with Gasteiger partial charge >= 0.3 is 0 Å². The lowest BCUT2D eigenvalue weighted by Gasteiger charge is -2.35. The van der Waals surface area contributed by atoms with Crippen LogP contribution in [0.25, 0.3) is 11.4 Å². The van der Waals surface area contributed by atoms with Crippen molar-refractivity contribution >= 4 is 0 Å². The fraction of sp³-hybridized carbons (Fsp3) is 0.200. The summed E-state index contributed by atoms with van der Waals surface area (Å²) in [7, 11) is 1.68. The molecule has 2 heterocycles. The monoisotopic (exact) mass is 396 g/mol. The normalized spacial score (nSPS) is 13.9. The Bertz CT molecular complexity index is 1070. The van der Waals surface area contributed by atoms with E-state index in [1.807, 2.05) is 24.3 Å². The van der Waals surface area contributed by atoms with Crippen LogP contribution >= 0.6 is 0 Å². The highest BCUT2D eigenvalue weighted by atomic mass is 16.5. The third kappa shape index (κ3) is 3.48.